The standard InChI is InChI=1S/C18H24N4O4.CH2O2/c1-26-15-4-2-3-14(9-15)10-18(17(24)25)11-21(6-5-16(18)23)7-8-22-12-19-20-13-22;2-1-3/h2-4,9,12-13,16,23H,5-8,10-11H2,1H3,(H,24,25);1H,(H,2,3)/t16-,18-;/m1./s1. The van der Waals surface area contributed by atoms with Crippen molar-refractivity contribution in [2.24, 2.45) is 5.41 Å². The average Bonchev–Trinajstić information content (AvgIpc) is 3.23. The summed E-state index contributed by atoms with van der Waals surface area (Å²) in [4.78, 5) is 22.6. The zero-order chi connectivity index (χ0) is 21.3. The van der Waals surface area contributed by atoms with E-state index in [1.807, 2.05) is 28.8 Å². The van der Waals surface area contributed by atoms with Gasteiger partial charge in [-0.15, -0.1) is 10.2 Å². The van der Waals surface area contributed by atoms with Crippen LogP contribution in [-0.2, 0) is 22.6 Å². The van der Waals surface area contributed by atoms with Crippen molar-refractivity contribution in [2.75, 3.05) is 26.7 Å². The van der Waals surface area contributed by atoms with Crippen LogP contribution >= 0.6 is 0 Å². The Balaban J connectivity index is 0.000000941. The number of aliphatic carboxylic acids is 1. The first-order valence-electron chi connectivity index (χ1n) is 9.12. The number of aliphatic hydroxyl groups excluding tert-OH is 1. The molecule has 0 spiro atoms. The van der Waals surface area contributed by atoms with Gasteiger partial charge < -0.3 is 29.5 Å². The first kappa shape index (κ1) is 22.3. The Labute approximate surface area is 168 Å². The normalized spacial score (nSPS) is 21.7. The predicted molar refractivity (Wildman–Crippen MR) is 103 cm³/mol. The van der Waals surface area contributed by atoms with Crippen LogP contribution in [0, 0.1) is 5.41 Å². The number of carboxylic acid groups (broad SMARTS) is 2. The molecule has 2 atom stereocenters. The Morgan fingerprint density at radius 3 is 2.66 bits per heavy atom. The molecule has 0 unspecified atom stereocenters. The fourth-order valence-corrected chi connectivity index (χ4v) is 3.56. The largest absolute Gasteiger partial charge is 0.497 e. The number of benzene rings is 1. The van der Waals surface area contributed by atoms with Crippen LogP contribution in [0.2, 0.25) is 0 Å². The molecule has 29 heavy (non-hydrogen) atoms. The highest BCUT2D eigenvalue weighted by Crippen LogP contribution is 2.35. The molecular weight excluding hydrogens is 380 g/mol. The molecule has 10 nitrogen and oxygen atoms in total. The number of aliphatic hydroxyl groups is 1. The summed E-state index contributed by atoms with van der Waals surface area (Å²) in [5.74, 6) is -0.292. The molecule has 0 saturated carbocycles. The molecule has 3 N–H and O–H groups in total. The van der Waals surface area contributed by atoms with Crippen molar-refractivity contribution in [1.82, 2.24) is 19.7 Å². The lowest BCUT2D eigenvalue weighted by Gasteiger charge is -2.43. The molecule has 158 valence electrons. The van der Waals surface area contributed by atoms with Crippen LogP contribution in [0.4, 0.5) is 0 Å². The minimum Gasteiger partial charge on any atom is -0.497 e. The second kappa shape index (κ2) is 10.5. The van der Waals surface area contributed by atoms with Crippen LogP contribution in [0.25, 0.3) is 0 Å². The van der Waals surface area contributed by atoms with Gasteiger partial charge in [0.05, 0.1) is 13.2 Å². The maximum atomic E-state index is 12.2. The molecule has 0 aliphatic carbocycles. The zero-order valence-corrected chi connectivity index (χ0v) is 16.2. The maximum Gasteiger partial charge on any atom is 0.313 e. The molecule has 10 heteroatoms. The third kappa shape index (κ3) is 5.75. The number of likely N-dealkylation sites (tertiary alicyclic amines) is 1. The molecule has 2 heterocycles. The van der Waals surface area contributed by atoms with Gasteiger partial charge in [-0.2, -0.15) is 0 Å². The van der Waals surface area contributed by atoms with Crippen LogP contribution < -0.4 is 4.74 Å². The molecule has 1 aromatic carbocycles. The van der Waals surface area contributed by atoms with Crippen LogP contribution in [0.5, 0.6) is 5.75 Å². The van der Waals surface area contributed by atoms with Crippen molar-refractivity contribution in [2.45, 2.75) is 25.5 Å². The number of aromatic nitrogens is 3. The third-order valence-corrected chi connectivity index (χ3v) is 5.08. The van der Waals surface area contributed by atoms with Gasteiger partial charge in [-0.3, -0.25) is 9.59 Å². The molecule has 1 fully saturated rings. The van der Waals surface area contributed by atoms with Gasteiger partial charge in [-0.25, -0.2) is 0 Å². The van der Waals surface area contributed by atoms with Gasteiger partial charge in [-0.1, -0.05) is 12.1 Å². The van der Waals surface area contributed by atoms with Gasteiger partial charge in [0, 0.05) is 26.2 Å². The van der Waals surface area contributed by atoms with E-state index in [4.69, 9.17) is 14.6 Å². The summed E-state index contributed by atoms with van der Waals surface area (Å²) < 4.78 is 7.09. The summed E-state index contributed by atoms with van der Waals surface area (Å²) in [7, 11) is 1.58. The fraction of sp³-hybridized carbons (Fsp3) is 0.474. The van der Waals surface area contributed by atoms with Crippen molar-refractivity contribution in [3.05, 3.63) is 42.5 Å². The number of hydrogen-bond donors (Lipinski definition) is 3. The van der Waals surface area contributed by atoms with E-state index in [-0.39, 0.29) is 12.9 Å². The van der Waals surface area contributed by atoms with E-state index in [0.29, 0.717) is 38.3 Å². The van der Waals surface area contributed by atoms with Crippen molar-refractivity contribution in [1.29, 1.82) is 0 Å². The summed E-state index contributed by atoms with van der Waals surface area (Å²) in [5.41, 5.74) is -0.399. The van der Waals surface area contributed by atoms with Gasteiger partial charge in [0.2, 0.25) is 0 Å². The quantitative estimate of drug-likeness (QED) is 0.557. The molecule has 1 aliphatic rings. The Bertz CT molecular complexity index is 785. The second-order valence-corrected chi connectivity index (χ2v) is 6.88. The molecule has 1 aromatic heterocycles. The topological polar surface area (TPSA) is 138 Å². The van der Waals surface area contributed by atoms with Crippen LogP contribution in [0.15, 0.2) is 36.9 Å². The minimum atomic E-state index is -1.24. The Morgan fingerprint density at radius 2 is 2.03 bits per heavy atom. The third-order valence-electron chi connectivity index (χ3n) is 5.08. The zero-order valence-electron chi connectivity index (χ0n) is 16.2. The number of hydrogen-bond acceptors (Lipinski definition) is 7. The van der Waals surface area contributed by atoms with Crippen LogP contribution in [0.1, 0.15) is 12.0 Å². The molecule has 0 radical (unpaired) electrons. The van der Waals surface area contributed by atoms with Crippen molar-refractivity contribution < 1.29 is 29.6 Å². The van der Waals surface area contributed by atoms with Crippen molar-refractivity contribution in [3.63, 3.8) is 0 Å². The lowest BCUT2D eigenvalue weighted by Crippen LogP contribution is -2.57. The van der Waals surface area contributed by atoms with E-state index in [2.05, 4.69) is 15.1 Å². The van der Waals surface area contributed by atoms with Crippen molar-refractivity contribution in [3.8, 4) is 5.75 Å². The summed E-state index contributed by atoms with van der Waals surface area (Å²) in [6.45, 7) is 2.06. The van der Waals surface area contributed by atoms with Gasteiger partial charge in [0.25, 0.3) is 6.47 Å². The first-order chi connectivity index (χ1) is 13.9. The van der Waals surface area contributed by atoms with Crippen LogP contribution in [-0.4, -0.2) is 80.3 Å². The first-order valence-corrected chi connectivity index (χ1v) is 9.12. The molecular formula is C19H26N4O6. The fourth-order valence-electron chi connectivity index (χ4n) is 3.56. The van der Waals surface area contributed by atoms with Gasteiger partial charge in [-0.05, 0) is 30.5 Å². The van der Waals surface area contributed by atoms with Crippen LogP contribution in [0.3, 0.4) is 0 Å². The summed E-state index contributed by atoms with van der Waals surface area (Å²) in [6, 6.07) is 7.35. The lowest BCUT2D eigenvalue weighted by molar-refractivity contribution is -0.163. The lowest BCUT2D eigenvalue weighted by atomic mass is 9.73. The van der Waals surface area contributed by atoms with E-state index in [9.17, 15) is 15.0 Å². The Hall–Kier alpha value is -2.98. The monoisotopic (exact) mass is 406 g/mol. The molecule has 1 saturated heterocycles. The number of nitrogens with zero attached hydrogens (tertiary/aromatic N) is 4. The van der Waals surface area contributed by atoms with E-state index in [1.165, 1.54) is 0 Å². The summed E-state index contributed by atoms with van der Waals surface area (Å²) in [5, 5.41) is 35.0. The molecule has 3 rings (SSSR count). The highest BCUT2D eigenvalue weighted by atomic mass is 16.5. The predicted octanol–water partition coefficient (Wildman–Crippen LogP) is 0.368. The maximum absolute atomic E-state index is 12.2. The number of rotatable bonds is 7. The Morgan fingerprint density at radius 1 is 1.34 bits per heavy atom. The van der Waals surface area contributed by atoms with E-state index in [0.717, 1.165) is 5.56 Å². The highest BCUT2D eigenvalue weighted by Gasteiger charge is 2.49. The average molecular weight is 406 g/mol. The highest BCUT2D eigenvalue weighted by molar-refractivity contribution is 5.76. The number of carboxylic acids is 1. The number of methoxy groups -OCH3 is 1. The van der Waals surface area contributed by atoms with Gasteiger partial charge in [0.1, 0.15) is 23.8 Å². The minimum absolute atomic E-state index is 0.250. The smallest absolute Gasteiger partial charge is 0.313 e. The second-order valence-electron chi connectivity index (χ2n) is 6.88. The van der Waals surface area contributed by atoms with Gasteiger partial charge in [0.15, 0.2) is 0 Å². The molecule has 0 amide bonds. The number of ether oxygens (including phenoxy) is 1. The number of piperidine rings is 1. The van der Waals surface area contributed by atoms with E-state index >= 15 is 0 Å². The van der Waals surface area contributed by atoms with E-state index in [1.54, 1.807) is 19.8 Å². The molecule has 2 aromatic rings. The van der Waals surface area contributed by atoms with Gasteiger partial charge >= 0.3 is 5.97 Å². The number of carbonyl (C=O) groups is 2. The summed E-state index contributed by atoms with van der Waals surface area (Å²) in [6.07, 6.45) is 3.07. The molecule has 0 bridgehead atoms. The molecule has 1 aliphatic heterocycles. The Kier molecular flexibility index (Phi) is 8.10. The van der Waals surface area contributed by atoms with Crippen molar-refractivity contribution >= 4 is 12.4 Å². The summed E-state index contributed by atoms with van der Waals surface area (Å²) >= 11 is 0. The van der Waals surface area contributed by atoms with E-state index < -0.39 is 17.5 Å². The SMILES string of the molecule is COc1cccc(C[C@@]2(C(=O)O)CN(CCn3cnnc3)CC[C@H]2O)c1.O=CO.